The van der Waals surface area contributed by atoms with Crippen molar-refractivity contribution >= 4 is 17.7 Å². The molecule has 0 saturated heterocycles. The molecule has 1 aliphatic rings. The summed E-state index contributed by atoms with van der Waals surface area (Å²) in [4.78, 5) is 11.2. The Morgan fingerprint density at radius 3 is 2.63 bits per heavy atom. The topological polar surface area (TPSA) is 66.5 Å². The van der Waals surface area contributed by atoms with Crippen molar-refractivity contribution in [2.24, 2.45) is 20.7 Å². The van der Waals surface area contributed by atoms with Crippen molar-refractivity contribution in [3.05, 3.63) is 60.2 Å². The maximum Gasteiger partial charge on any atom is 0.270 e. The standard InChI is InChI=1S/C14H12N4O/c19-14-11-5-3-1-2-4-8-12-9-6-7-10-13(12)15-17-18-16-14/h1-10H,11H2. The van der Waals surface area contributed by atoms with Crippen molar-refractivity contribution < 1.29 is 4.79 Å². The molecule has 1 aromatic carbocycles. The molecule has 0 atom stereocenters. The number of carbonyl (C=O) groups excluding carboxylic acids is 1. The van der Waals surface area contributed by atoms with Crippen LogP contribution in [0.2, 0.25) is 0 Å². The van der Waals surface area contributed by atoms with Crippen LogP contribution in [-0.2, 0) is 4.79 Å². The number of carbonyl (C=O) groups is 1. The first-order chi connectivity index (χ1) is 9.36. The van der Waals surface area contributed by atoms with Gasteiger partial charge in [-0.05, 0) is 16.5 Å². The maximum absolute atomic E-state index is 11.2. The number of allylic oxidation sites excluding steroid dienone is 4. The van der Waals surface area contributed by atoms with Gasteiger partial charge >= 0.3 is 0 Å². The fourth-order valence-electron chi connectivity index (χ4n) is 1.43. The summed E-state index contributed by atoms with van der Waals surface area (Å²) in [5.74, 6) is -0.357. The van der Waals surface area contributed by atoms with Gasteiger partial charge in [0, 0.05) is 12.0 Å². The molecule has 1 amide bonds. The number of rotatable bonds is 0. The van der Waals surface area contributed by atoms with Gasteiger partial charge in [-0.15, -0.1) is 5.11 Å². The summed E-state index contributed by atoms with van der Waals surface area (Å²) in [6, 6.07) is 7.50. The average Bonchev–Trinajstić information content (AvgIpc) is 2.43. The molecule has 0 N–H and O–H groups in total. The molecule has 0 fully saturated rings. The van der Waals surface area contributed by atoms with Gasteiger partial charge in [0.15, 0.2) is 0 Å². The number of nitrogens with zero attached hydrogens (tertiary/aromatic N) is 4. The number of amides is 1. The molecule has 1 heterocycles. The largest absolute Gasteiger partial charge is 0.270 e. The van der Waals surface area contributed by atoms with Crippen LogP contribution < -0.4 is 0 Å². The van der Waals surface area contributed by atoms with Gasteiger partial charge in [0.2, 0.25) is 0 Å². The third-order valence-electron chi connectivity index (χ3n) is 2.32. The maximum atomic E-state index is 11.2. The number of hydrogen-bond donors (Lipinski definition) is 0. The normalized spacial score (nSPS) is 15.3. The van der Waals surface area contributed by atoms with E-state index in [0.29, 0.717) is 5.69 Å². The average molecular weight is 252 g/mol. The van der Waals surface area contributed by atoms with Crippen molar-refractivity contribution in [1.82, 2.24) is 0 Å². The monoisotopic (exact) mass is 252 g/mol. The first-order valence-corrected chi connectivity index (χ1v) is 5.80. The number of fused-ring (bicyclic) bond motifs is 1. The zero-order valence-electron chi connectivity index (χ0n) is 10.2. The van der Waals surface area contributed by atoms with Crippen molar-refractivity contribution in [3.8, 4) is 0 Å². The lowest BCUT2D eigenvalue weighted by atomic mass is 10.1. The summed E-state index contributed by atoms with van der Waals surface area (Å²) < 4.78 is 0. The van der Waals surface area contributed by atoms with E-state index in [0.717, 1.165) is 5.56 Å². The lowest BCUT2D eigenvalue weighted by molar-refractivity contribution is -0.117. The van der Waals surface area contributed by atoms with Crippen LogP contribution in [0.4, 0.5) is 5.69 Å². The highest BCUT2D eigenvalue weighted by Gasteiger charge is 1.96. The fourth-order valence-corrected chi connectivity index (χ4v) is 1.43. The smallest absolute Gasteiger partial charge is 0.270 e. The van der Waals surface area contributed by atoms with E-state index in [4.69, 9.17) is 0 Å². The van der Waals surface area contributed by atoms with Gasteiger partial charge in [-0.3, -0.25) is 4.79 Å². The molecule has 19 heavy (non-hydrogen) atoms. The second-order valence-electron chi connectivity index (χ2n) is 3.71. The predicted molar refractivity (Wildman–Crippen MR) is 72.8 cm³/mol. The number of hydrogen-bond acceptors (Lipinski definition) is 4. The van der Waals surface area contributed by atoms with Crippen molar-refractivity contribution in [2.45, 2.75) is 6.42 Å². The van der Waals surface area contributed by atoms with Gasteiger partial charge in [0.25, 0.3) is 5.91 Å². The summed E-state index contributed by atoms with van der Waals surface area (Å²) in [6.45, 7) is 0. The SMILES string of the molecule is O=C1CC=CC=CC=Cc2ccccc2N=NN=N1. The van der Waals surface area contributed by atoms with E-state index in [1.165, 1.54) is 0 Å². The zero-order chi connectivity index (χ0) is 13.3. The number of benzene rings is 1. The molecule has 0 bridgehead atoms. The molecule has 94 valence electrons. The molecule has 2 rings (SSSR count). The molecular formula is C14H12N4O. The van der Waals surface area contributed by atoms with Crippen LogP contribution in [0.1, 0.15) is 12.0 Å². The second kappa shape index (κ2) is 6.90. The Morgan fingerprint density at radius 1 is 0.895 bits per heavy atom. The van der Waals surface area contributed by atoms with Crippen LogP contribution >= 0.6 is 0 Å². The minimum atomic E-state index is -0.357. The quantitative estimate of drug-likeness (QED) is 0.682. The summed E-state index contributed by atoms with van der Waals surface area (Å²) in [5, 5.41) is 14.3. The summed E-state index contributed by atoms with van der Waals surface area (Å²) in [6.07, 6.45) is 11.2. The van der Waals surface area contributed by atoms with E-state index in [9.17, 15) is 4.79 Å². The Balaban J connectivity index is 2.33. The Morgan fingerprint density at radius 2 is 1.68 bits per heavy atom. The van der Waals surface area contributed by atoms with E-state index >= 15 is 0 Å². The van der Waals surface area contributed by atoms with Crippen molar-refractivity contribution in [3.63, 3.8) is 0 Å². The molecule has 0 aromatic heterocycles. The first kappa shape index (κ1) is 12.8. The third kappa shape index (κ3) is 4.23. The van der Waals surface area contributed by atoms with Gasteiger partial charge in [-0.2, -0.15) is 0 Å². The molecule has 1 aromatic rings. The van der Waals surface area contributed by atoms with E-state index in [2.05, 4.69) is 20.7 Å². The third-order valence-corrected chi connectivity index (χ3v) is 2.32. The lowest BCUT2D eigenvalue weighted by Crippen LogP contribution is -1.87. The van der Waals surface area contributed by atoms with Crippen LogP contribution in [-0.4, -0.2) is 5.91 Å². The lowest BCUT2D eigenvalue weighted by Gasteiger charge is -1.96. The van der Waals surface area contributed by atoms with E-state index in [-0.39, 0.29) is 12.3 Å². The Bertz CT molecular complexity index is 597. The minimum Gasteiger partial charge on any atom is -0.270 e. The van der Waals surface area contributed by atoms with E-state index in [1.54, 1.807) is 12.2 Å². The van der Waals surface area contributed by atoms with Gasteiger partial charge < -0.3 is 0 Å². The molecule has 0 saturated carbocycles. The summed E-state index contributed by atoms with van der Waals surface area (Å²) in [7, 11) is 0. The Labute approximate surface area is 110 Å². The molecule has 0 aliphatic carbocycles. The minimum absolute atomic E-state index is 0.198. The fraction of sp³-hybridized carbons (Fsp3) is 0.0714. The molecule has 1 aliphatic heterocycles. The van der Waals surface area contributed by atoms with Crippen LogP contribution in [0.5, 0.6) is 0 Å². The molecule has 0 unspecified atom stereocenters. The van der Waals surface area contributed by atoms with E-state index < -0.39 is 0 Å². The molecular weight excluding hydrogens is 240 g/mol. The van der Waals surface area contributed by atoms with Crippen LogP contribution in [0, 0.1) is 0 Å². The highest BCUT2D eigenvalue weighted by Crippen LogP contribution is 2.20. The van der Waals surface area contributed by atoms with Gasteiger partial charge in [0.05, 0.1) is 5.69 Å². The first-order valence-electron chi connectivity index (χ1n) is 5.80. The van der Waals surface area contributed by atoms with Crippen molar-refractivity contribution in [2.75, 3.05) is 0 Å². The van der Waals surface area contributed by atoms with Gasteiger partial charge in [-0.25, -0.2) is 0 Å². The predicted octanol–water partition coefficient (Wildman–Crippen LogP) is 4.19. The molecule has 0 radical (unpaired) electrons. The van der Waals surface area contributed by atoms with Crippen LogP contribution in [0.15, 0.2) is 75.3 Å². The van der Waals surface area contributed by atoms with Gasteiger partial charge in [-0.1, -0.05) is 59.8 Å². The Hall–Kier alpha value is -2.69. The highest BCUT2D eigenvalue weighted by molar-refractivity contribution is 5.77. The summed E-state index contributed by atoms with van der Waals surface area (Å²) >= 11 is 0. The van der Waals surface area contributed by atoms with Crippen molar-refractivity contribution in [1.29, 1.82) is 0 Å². The summed E-state index contributed by atoms with van der Waals surface area (Å²) in [5.41, 5.74) is 1.59. The Kier molecular flexibility index (Phi) is 4.64. The molecule has 5 nitrogen and oxygen atoms in total. The second-order valence-corrected chi connectivity index (χ2v) is 3.71. The molecule has 5 heteroatoms. The van der Waals surface area contributed by atoms with Gasteiger partial charge in [0.1, 0.15) is 0 Å². The van der Waals surface area contributed by atoms with E-state index in [1.807, 2.05) is 48.6 Å². The molecule has 0 spiro atoms. The zero-order valence-corrected chi connectivity index (χ0v) is 10.2. The van der Waals surface area contributed by atoms with Crippen LogP contribution in [0.3, 0.4) is 0 Å². The highest BCUT2D eigenvalue weighted by atomic mass is 16.1. The van der Waals surface area contributed by atoms with Crippen LogP contribution in [0.25, 0.3) is 6.08 Å².